The molecule has 0 aromatic heterocycles. The molecule has 27 heavy (non-hydrogen) atoms. The second-order valence-corrected chi connectivity index (χ2v) is 6.84. The molecule has 0 aliphatic carbocycles. The van der Waals surface area contributed by atoms with Crippen LogP contribution in [0.3, 0.4) is 0 Å². The number of carbonyl (C=O) groups excluding carboxylic acids is 2. The van der Waals surface area contributed by atoms with Crippen molar-refractivity contribution >= 4 is 34.8 Å². The predicted octanol–water partition coefficient (Wildman–Crippen LogP) is 3.88. The average molecular weight is 390 g/mol. The molecule has 0 spiro atoms. The quantitative estimate of drug-likeness (QED) is 0.620. The molecule has 0 atom stereocenters. The Morgan fingerprint density at radius 3 is 2.30 bits per heavy atom. The molecule has 2 aromatic carbocycles. The highest BCUT2D eigenvalue weighted by atomic mass is 35.5. The summed E-state index contributed by atoms with van der Waals surface area (Å²) in [5.41, 5.74) is 3.10. The fourth-order valence-corrected chi connectivity index (χ4v) is 3.05. The monoisotopic (exact) mass is 389 g/mol. The summed E-state index contributed by atoms with van der Waals surface area (Å²) >= 11 is 5.77. The highest BCUT2D eigenvalue weighted by Gasteiger charge is 2.24. The molecular weight excluding hydrogens is 370 g/mol. The first-order valence-corrected chi connectivity index (χ1v) is 8.55. The van der Waals surface area contributed by atoms with Gasteiger partial charge in [-0.1, -0.05) is 29.3 Å². The van der Waals surface area contributed by atoms with Crippen LogP contribution >= 0.6 is 11.6 Å². The van der Waals surface area contributed by atoms with Gasteiger partial charge in [0.15, 0.2) is 0 Å². The first-order valence-electron chi connectivity index (χ1n) is 8.17. The number of nitrogens with zero attached hydrogens (tertiary/aromatic N) is 2. The van der Waals surface area contributed by atoms with Gasteiger partial charge in [0.1, 0.15) is 5.56 Å². The number of aryl methyl sites for hydroxylation is 3. The van der Waals surface area contributed by atoms with Crippen molar-refractivity contribution in [1.82, 2.24) is 4.90 Å². The number of amides is 2. The summed E-state index contributed by atoms with van der Waals surface area (Å²) in [7, 11) is 1.41. The zero-order valence-electron chi connectivity index (χ0n) is 15.5. The number of nitro benzene ring substituents is 1. The lowest BCUT2D eigenvalue weighted by atomic mass is 10.1. The third kappa shape index (κ3) is 4.83. The number of likely N-dealkylation sites (N-methyl/N-ethyl adjacent to an activating group) is 1. The van der Waals surface area contributed by atoms with Crippen LogP contribution in [-0.2, 0) is 4.79 Å². The van der Waals surface area contributed by atoms with Gasteiger partial charge in [-0.25, -0.2) is 0 Å². The van der Waals surface area contributed by atoms with Gasteiger partial charge in [0.25, 0.3) is 11.6 Å². The summed E-state index contributed by atoms with van der Waals surface area (Å²) in [5.74, 6) is -1.02. The van der Waals surface area contributed by atoms with Crippen LogP contribution in [0.25, 0.3) is 0 Å². The Morgan fingerprint density at radius 2 is 1.74 bits per heavy atom. The number of halogens is 1. The van der Waals surface area contributed by atoms with Gasteiger partial charge >= 0.3 is 0 Å². The second kappa shape index (κ2) is 8.18. The minimum Gasteiger partial charge on any atom is -0.332 e. The van der Waals surface area contributed by atoms with Crippen molar-refractivity contribution in [3.63, 3.8) is 0 Å². The van der Waals surface area contributed by atoms with E-state index in [2.05, 4.69) is 5.32 Å². The Hall–Kier alpha value is -2.93. The number of rotatable bonds is 5. The summed E-state index contributed by atoms with van der Waals surface area (Å²) in [6.07, 6.45) is 0. The van der Waals surface area contributed by atoms with E-state index < -0.39 is 22.4 Å². The molecule has 0 saturated carbocycles. The molecule has 0 radical (unpaired) electrons. The van der Waals surface area contributed by atoms with E-state index in [1.807, 2.05) is 32.9 Å². The van der Waals surface area contributed by atoms with Crippen LogP contribution in [0.2, 0.25) is 5.02 Å². The van der Waals surface area contributed by atoms with Gasteiger partial charge < -0.3 is 10.2 Å². The zero-order valence-corrected chi connectivity index (χ0v) is 16.3. The van der Waals surface area contributed by atoms with Crippen molar-refractivity contribution in [3.05, 3.63) is 67.7 Å². The van der Waals surface area contributed by atoms with Crippen LogP contribution in [0.4, 0.5) is 11.4 Å². The van der Waals surface area contributed by atoms with Crippen LogP contribution in [0.15, 0.2) is 30.3 Å². The van der Waals surface area contributed by atoms with E-state index in [4.69, 9.17) is 11.6 Å². The van der Waals surface area contributed by atoms with Crippen molar-refractivity contribution in [2.45, 2.75) is 20.8 Å². The third-order valence-corrected chi connectivity index (χ3v) is 4.29. The molecule has 142 valence electrons. The zero-order chi connectivity index (χ0) is 20.3. The Morgan fingerprint density at radius 1 is 1.15 bits per heavy atom. The third-order valence-electron chi connectivity index (χ3n) is 4.06. The number of hydrogen-bond acceptors (Lipinski definition) is 4. The Bertz CT molecular complexity index is 904. The molecule has 1 N–H and O–H groups in total. The summed E-state index contributed by atoms with van der Waals surface area (Å²) in [5, 5.41) is 14.1. The van der Waals surface area contributed by atoms with E-state index in [-0.39, 0.29) is 17.1 Å². The number of nitro groups is 1. The summed E-state index contributed by atoms with van der Waals surface area (Å²) in [6, 6.07) is 7.70. The summed E-state index contributed by atoms with van der Waals surface area (Å²) in [6.45, 7) is 5.51. The lowest BCUT2D eigenvalue weighted by molar-refractivity contribution is -0.385. The summed E-state index contributed by atoms with van der Waals surface area (Å²) < 4.78 is 0. The van der Waals surface area contributed by atoms with E-state index in [1.165, 1.54) is 19.2 Å². The highest BCUT2D eigenvalue weighted by molar-refractivity contribution is 6.31. The van der Waals surface area contributed by atoms with Crippen LogP contribution in [0.1, 0.15) is 27.0 Å². The SMILES string of the molecule is Cc1cc(C)c(NC(=O)CN(C)C(=O)c2ccc(Cl)cc2[N+](=O)[O-])c(C)c1. The molecule has 2 rings (SSSR count). The van der Waals surface area contributed by atoms with Gasteiger partial charge in [-0.3, -0.25) is 19.7 Å². The van der Waals surface area contributed by atoms with Gasteiger partial charge in [0, 0.05) is 23.8 Å². The van der Waals surface area contributed by atoms with Crippen molar-refractivity contribution in [3.8, 4) is 0 Å². The fourth-order valence-electron chi connectivity index (χ4n) is 2.89. The molecule has 2 amide bonds. The van der Waals surface area contributed by atoms with E-state index in [1.54, 1.807) is 0 Å². The molecule has 0 fully saturated rings. The van der Waals surface area contributed by atoms with Gasteiger partial charge in [-0.2, -0.15) is 0 Å². The maximum absolute atomic E-state index is 12.5. The second-order valence-electron chi connectivity index (χ2n) is 6.40. The Balaban J connectivity index is 2.16. The number of anilines is 1. The summed E-state index contributed by atoms with van der Waals surface area (Å²) in [4.78, 5) is 36.5. The molecule has 2 aromatic rings. The van der Waals surface area contributed by atoms with Crippen LogP contribution < -0.4 is 5.32 Å². The molecule has 8 heteroatoms. The molecule has 0 unspecified atom stereocenters. The maximum Gasteiger partial charge on any atom is 0.283 e. The minimum atomic E-state index is -0.675. The highest BCUT2D eigenvalue weighted by Crippen LogP contribution is 2.25. The first-order chi connectivity index (χ1) is 12.6. The van der Waals surface area contributed by atoms with Crippen molar-refractivity contribution in [2.75, 3.05) is 18.9 Å². The lowest BCUT2D eigenvalue weighted by Gasteiger charge is -2.18. The van der Waals surface area contributed by atoms with Gasteiger partial charge in [-0.05, 0) is 44.0 Å². The van der Waals surface area contributed by atoms with Gasteiger partial charge in [0.2, 0.25) is 5.91 Å². The van der Waals surface area contributed by atoms with Crippen LogP contribution in [-0.4, -0.2) is 35.2 Å². The van der Waals surface area contributed by atoms with E-state index >= 15 is 0 Å². The van der Waals surface area contributed by atoms with E-state index in [0.717, 1.165) is 27.7 Å². The molecule has 0 aliphatic heterocycles. The Labute approximate surface area is 162 Å². The Kier molecular flexibility index (Phi) is 6.17. The first kappa shape index (κ1) is 20.4. The smallest absolute Gasteiger partial charge is 0.283 e. The minimum absolute atomic E-state index is 0.123. The standard InChI is InChI=1S/C19H20ClN3O4/c1-11-7-12(2)18(13(3)8-11)21-17(24)10-22(4)19(25)15-6-5-14(20)9-16(15)23(26)27/h5-9H,10H2,1-4H3,(H,21,24). The van der Waals surface area contributed by atoms with Crippen molar-refractivity contribution in [1.29, 1.82) is 0 Å². The lowest BCUT2D eigenvalue weighted by Crippen LogP contribution is -2.35. The normalized spacial score (nSPS) is 10.4. The number of nitrogens with one attached hydrogen (secondary N) is 1. The van der Waals surface area contributed by atoms with Crippen molar-refractivity contribution < 1.29 is 14.5 Å². The molecular formula is C19H20ClN3O4. The number of carbonyl (C=O) groups is 2. The maximum atomic E-state index is 12.5. The molecule has 0 bridgehead atoms. The van der Waals surface area contributed by atoms with Crippen molar-refractivity contribution in [2.24, 2.45) is 0 Å². The average Bonchev–Trinajstić information content (AvgIpc) is 2.57. The molecule has 0 saturated heterocycles. The topological polar surface area (TPSA) is 92.6 Å². The molecule has 0 aliphatic rings. The van der Waals surface area contributed by atoms with E-state index in [0.29, 0.717) is 5.69 Å². The molecule has 7 nitrogen and oxygen atoms in total. The van der Waals surface area contributed by atoms with Gasteiger partial charge in [-0.15, -0.1) is 0 Å². The van der Waals surface area contributed by atoms with Gasteiger partial charge in [0.05, 0.1) is 11.5 Å². The van der Waals surface area contributed by atoms with Crippen LogP contribution in [0.5, 0.6) is 0 Å². The largest absolute Gasteiger partial charge is 0.332 e. The van der Waals surface area contributed by atoms with Crippen LogP contribution in [0, 0.1) is 30.9 Å². The van der Waals surface area contributed by atoms with E-state index in [9.17, 15) is 19.7 Å². The predicted molar refractivity (Wildman–Crippen MR) is 104 cm³/mol. The molecule has 0 heterocycles. The number of benzene rings is 2. The number of hydrogen-bond donors (Lipinski definition) is 1. The fraction of sp³-hybridized carbons (Fsp3) is 0.263.